The molecule has 1 unspecified atom stereocenters. The van der Waals surface area contributed by atoms with Crippen molar-refractivity contribution in [1.29, 1.82) is 0 Å². The first-order valence-corrected chi connectivity index (χ1v) is 12.1. The molecule has 5 nitrogen and oxygen atoms in total. The molecule has 6 heteroatoms. The van der Waals surface area contributed by atoms with Crippen LogP contribution in [-0.2, 0) is 28.4 Å². The maximum Gasteiger partial charge on any atom is 0.235 e. The highest BCUT2D eigenvalue weighted by Gasteiger charge is 2.32. The van der Waals surface area contributed by atoms with E-state index in [1.807, 2.05) is 30.2 Å². The number of hydrogen-bond donors (Lipinski definition) is 1. The number of carbonyl (C=O) groups excluding carboxylic acids is 1. The molecule has 0 saturated heterocycles. The van der Waals surface area contributed by atoms with E-state index < -0.39 is 10.8 Å². The second kappa shape index (κ2) is 8.64. The lowest BCUT2D eigenvalue weighted by molar-refractivity contribution is -0.131. The van der Waals surface area contributed by atoms with Crippen LogP contribution < -0.4 is 4.74 Å². The summed E-state index contributed by atoms with van der Waals surface area (Å²) < 4.78 is 17.6. The minimum absolute atomic E-state index is 0.0511. The van der Waals surface area contributed by atoms with E-state index in [9.17, 15) is 9.00 Å². The van der Waals surface area contributed by atoms with Crippen LogP contribution in [0.15, 0.2) is 42.6 Å². The van der Waals surface area contributed by atoms with Gasteiger partial charge in [0.05, 0.1) is 12.6 Å². The van der Waals surface area contributed by atoms with Gasteiger partial charge in [0.25, 0.3) is 0 Å². The number of fused-ring (bicyclic) bond motifs is 2. The number of para-hydroxylation sites is 1. The Hall–Kier alpha value is -2.60. The molecule has 0 radical (unpaired) electrons. The monoisotopic (exact) mass is 424 g/mol. The molecular formula is C24H28N2O3S. The summed E-state index contributed by atoms with van der Waals surface area (Å²) in [5, 5.41) is 1.17. The quantitative estimate of drug-likeness (QED) is 0.652. The normalized spacial score (nSPS) is 17.0. The summed E-state index contributed by atoms with van der Waals surface area (Å²) in [5.74, 6) is 0.877. The van der Waals surface area contributed by atoms with Gasteiger partial charge in [-0.1, -0.05) is 24.3 Å². The largest absolute Gasteiger partial charge is 0.494 e. The van der Waals surface area contributed by atoms with Crippen LogP contribution in [0.25, 0.3) is 10.9 Å². The molecule has 1 aliphatic rings. The Balaban J connectivity index is 1.77. The Labute approximate surface area is 179 Å². The maximum absolute atomic E-state index is 13.0. The average molecular weight is 425 g/mol. The van der Waals surface area contributed by atoms with E-state index in [1.165, 1.54) is 16.5 Å². The van der Waals surface area contributed by atoms with E-state index >= 15 is 0 Å². The zero-order chi connectivity index (χ0) is 21.3. The van der Waals surface area contributed by atoms with Gasteiger partial charge in [0.1, 0.15) is 11.5 Å². The second-order valence-corrected chi connectivity index (χ2v) is 9.32. The number of nitrogens with zero attached hydrogens (tertiary/aromatic N) is 1. The molecule has 0 aliphatic carbocycles. The third-order valence-corrected chi connectivity index (χ3v) is 6.48. The summed E-state index contributed by atoms with van der Waals surface area (Å²) in [5.41, 5.74) is 5.79. The third kappa shape index (κ3) is 4.01. The predicted octanol–water partition coefficient (Wildman–Crippen LogP) is 3.92. The van der Waals surface area contributed by atoms with Crippen molar-refractivity contribution in [2.45, 2.75) is 32.7 Å². The molecule has 0 saturated carbocycles. The van der Waals surface area contributed by atoms with Crippen molar-refractivity contribution in [3.63, 3.8) is 0 Å². The Bertz CT molecular complexity index is 1110. The second-order valence-electron chi connectivity index (χ2n) is 7.88. The lowest BCUT2D eigenvalue weighted by atomic mass is 9.87. The first kappa shape index (κ1) is 20.7. The molecule has 2 heterocycles. The number of aromatic amines is 1. The fourth-order valence-corrected chi connectivity index (χ4v) is 4.96. The minimum atomic E-state index is -1.16. The number of H-pyrrole nitrogens is 1. The molecule has 0 spiro atoms. The molecule has 0 bridgehead atoms. The first-order valence-electron chi connectivity index (χ1n) is 10.4. The molecule has 158 valence electrons. The van der Waals surface area contributed by atoms with Crippen molar-refractivity contribution >= 4 is 27.6 Å². The Morgan fingerprint density at radius 3 is 2.87 bits per heavy atom. The van der Waals surface area contributed by atoms with Crippen molar-refractivity contribution in [3.05, 3.63) is 64.8 Å². The number of hydrogen-bond acceptors (Lipinski definition) is 3. The van der Waals surface area contributed by atoms with Crippen LogP contribution in [0.2, 0.25) is 0 Å². The average Bonchev–Trinajstić information content (AvgIpc) is 3.11. The van der Waals surface area contributed by atoms with E-state index in [0.717, 1.165) is 28.8 Å². The summed E-state index contributed by atoms with van der Waals surface area (Å²) in [6, 6.07) is 12.4. The van der Waals surface area contributed by atoms with Crippen LogP contribution in [-0.4, -0.2) is 45.2 Å². The van der Waals surface area contributed by atoms with Gasteiger partial charge in [0, 0.05) is 40.7 Å². The van der Waals surface area contributed by atoms with Gasteiger partial charge in [-0.15, -0.1) is 0 Å². The van der Waals surface area contributed by atoms with Gasteiger partial charge in [-0.05, 0) is 61.1 Å². The zero-order valence-electron chi connectivity index (χ0n) is 17.7. The summed E-state index contributed by atoms with van der Waals surface area (Å²) in [4.78, 5) is 18.2. The topological polar surface area (TPSA) is 62.4 Å². The molecule has 1 aromatic heterocycles. The van der Waals surface area contributed by atoms with Gasteiger partial charge in [-0.3, -0.25) is 9.00 Å². The summed E-state index contributed by atoms with van der Waals surface area (Å²) >= 11 is 0. The van der Waals surface area contributed by atoms with Crippen molar-refractivity contribution in [2.75, 3.05) is 25.2 Å². The lowest BCUT2D eigenvalue weighted by Crippen LogP contribution is -2.43. The van der Waals surface area contributed by atoms with E-state index in [0.29, 0.717) is 19.6 Å². The fourth-order valence-electron chi connectivity index (χ4n) is 4.45. The lowest BCUT2D eigenvalue weighted by Gasteiger charge is -2.38. The van der Waals surface area contributed by atoms with Crippen molar-refractivity contribution in [1.82, 2.24) is 9.88 Å². The number of amides is 1. The number of ether oxygens (including phenoxy) is 1. The van der Waals surface area contributed by atoms with E-state index in [-0.39, 0.29) is 17.7 Å². The van der Waals surface area contributed by atoms with Gasteiger partial charge in [-0.25, -0.2) is 0 Å². The SMILES string of the molecule is CCOc1cc2c(cc1C)CCN(C(=O)CS(C)=O)[C@@H]2Cc1c[nH]c2ccccc12. The van der Waals surface area contributed by atoms with Crippen LogP contribution >= 0.6 is 0 Å². The molecule has 0 fully saturated rings. The molecule has 2 atom stereocenters. The van der Waals surface area contributed by atoms with Gasteiger partial charge in [0.2, 0.25) is 5.91 Å². The number of benzene rings is 2. The number of carbonyl (C=O) groups is 1. The number of nitrogens with one attached hydrogen (secondary N) is 1. The van der Waals surface area contributed by atoms with Crippen LogP contribution in [0.5, 0.6) is 5.75 Å². The van der Waals surface area contributed by atoms with Crippen LogP contribution in [0.1, 0.15) is 35.2 Å². The molecule has 1 aliphatic heterocycles. The van der Waals surface area contributed by atoms with Gasteiger partial charge < -0.3 is 14.6 Å². The van der Waals surface area contributed by atoms with Gasteiger partial charge >= 0.3 is 0 Å². The van der Waals surface area contributed by atoms with E-state index in [2.05, 4.69) is 36.2 Å². The highest BCUT2D eigenvalue weighted by molar-refractivity contribution is 7.85. The smallest absolute Gasteiger partial charge is 0.235 e. The predicted molar refractivity (Wildman–Crippen MR) is 121 cm³/mol. The Kier molecular flexibility index (Phi) is 5.95. The summed E-state index contributed by atoms with van der Waals surface area (Å²) in [7, 11) is -1.16. The first-order chi connectivity index (χ1) is 14.5. The van der Waals surface area contributed by atoms with Gasteiger partial charge in [-0.2, -0.15) is 0 Å². The third-order valence-electron chi connectivity index (χ3n) is 5.83. The highest BCUT2D eigenvalue weighted by Crippen LogP contribution is 2.37. The molecule has 30 heavy (non-hydrogen) atoms. The van der Waals surface area contributed by atoms with Crippen LogP contribution in [0.3, 0.4) is 0 Å². The van der Waals surface area contributed by atoms with E-state index in [4.69, 9.17) is 4.74 Å². The summed E-state index contributed by atoms with van der Waals surface area (Å²) in [6.45, 7) is 5.29. The number of aromatic nitrogens is 1. The zero-order valence-corrected chi connectivity index (χ0v) is 18.6. The van der Waals surface area contributed by atoms with Gasteiger partial charge in [0.15, 0.2) is 0 Å². The molecule has 1 N–H and O–H groups in total. The standard InChI is InChI=1S/C24H28N2O3S/c1-4-29-23-13-20-17(11-16(23)2)9-10-26(24(27)15-30(3)28)22(20)12-18-14-25-21-8-6-5-7-19(18)21/h5-8,11,13-14,22,25H,4,9-10,12,15H2,1-3H3/t22-,30?/m1/s1. The fraction of sp³-hybridized carbons (Fsp3) is 0.375. The maximum atomic E-state index is 13.0. The molecule has 3 aromatic rings. The number of aryl methyl sites for hydroxylation is 1. The molecule has 4 rings (SSSR count). The van der Waals surface area contributed by atoms with Crippen molar-refractivity contribution < 1.29 is 13.7 Å². The highest BCUT2D eigenvalue weighted by atomic mass is 32.2. The van der Waals surface area contributed by atoms with Crippen LogP contribution in [0, 0.1) is 6.92 Å². The molecule has 1 amide bonds. The van der Waals surface area contributed by atoms with Crippen LogP contribution in [0.4, 0.5) is 0 Å². The summed E-state index contributed by atoms with van der Waals surface area (Å²) in [6.07, 6.45) is 5.13. The number of rotatable bonds is 6. The van der Waals surface area contributed by atoms with Crippen molar-refractivity contribution in [3.8, 4) is 5.75 Å². The Morgan fingerprint density at radius 1 is 1.30 bits per heavy atom. The van der Waals surface area contributed by atoms with E-state index in [1.54, 1.807) is 6.26 Å². The molecule has 2 aromatic carbocycles. The minimum Gasteiger partial charge on any atom is -0.494 e. The Morgan fingerprint density at radius 2 is 2.10 bits per heavy atom. The molecular weight excluding hydrogens is 396 g/mol. The van der Waals surface area contributed by atoms with Crippen molar-refractivity contribution in [2.24, 2.45) is 0 Å².